The van der Waals surface area contributed by atoms with Crippen molar-refractivity contribution in [2.24, 2.45) is 0 Å². The van der Waals surface area contributed by atoms with Gasteiger partial charge in [-0.2, -0.15) is 26.3 Å². The second-order valence-electron chi connectivity index (χ2n) is 8.76. The number of imidazole rings is 1. The molecule has 3 aromatic rings. The van der Waals surface area contributed by atoms with E-state index in [0.29, 0.717) is 0 Å². The Morgan fingerprint density at radius 1 is 1.00 bits per heavy atom. The molecule has 3 heterocycles. The molecule has 0 saturated carbocycles. The molecule has 0 aliphatic carbocycles. The average Bonchev–Trinajstić information content (AvgIpc) is 3.53. The molecular formula is C25H28F6N4O6. The van der Waals surface area contributed by atoms with Crippen molar-refractivity contribution in [3.8, 4) is 5.75 Å². The van der Waals surface area contributed by atoms with Crippen LogP contribution in [0.25, 0.3) is 0 Å². The number of methoxy groups -OCH3 is 1. The predicted molar refractivity (Wildman–Crippen MR) is 131 cm³/mol. The number of furan rings is 1. The van der Waals surface area contributed by atoms with Gasteiger partial charge in [0.2, 0.25) is 0 Å². The van der Waals surface area contributed by atoms with Gasteiger partial charge in [0.25, 0.3) is 0 Å². The zero-order valence-corrected chi connectivity index (χ0v) is 21.9. The minimum absolute atomic E-state index is 0.790. The van der Waals surface area contributed by atoms with Gasteiger partial charge in [0.05, 0.1) is 32.2 Å². The number of benzene rings is 1. The Bertz CT molecular complexity index is 1220. The van der Waals surface area contributed by atoms with Crippen LogP contribution in [0.5, 0.6) is 5.75 Å². The van der Waals surface area contributed by atoms with Crippen molar-refractivity contribution in [1.29, 1.82) is 0 Å². The second-order valence-corrected chi connectivity index (χ2v) is 8.76. The summed E-state index contributed by atoms with van der Waals surface area (Å²) in [5, 5.41) is 14.2. The quantitative estimate of drug-likeness (QED) is 0.384. The minimum Gasteiger partial charge on any atom is -0.497 e. The highest BCUT2D eigenvalue weighted by molar-refractivity contribution is 5.73. The third-order valence-corrected chi connectivity index (χ3v) is 5.42. The summed E-state index contributed by atoms with van der Waals surface area (Å²) >= 11 is 0. The van der Waals surface area contributed by atoms with Gasteiger partial charge >= 0.3 is 24.3 Å². The number of rotatable bonds is 7. The number of aliphatic carboxylic acids is 2. The van der Waals surface area contributed by atoms with Crippen molar-refractivity contribution in [3.05, 3.63) is 71.7 Å². The van der Waals surface area contributed by atoms with E-state index in [4.69, 9.17) is 33.9 Å². The maximum absolute atomic E-state index is 10.6. The van der Waals surface area contributed by atoms with Crippen LogP contribution in [0.3, 0.4) is 0 Å². The Kier molecular flexibility index (Phi) is 11.8. The van der Waals surface area contributed by atoms with Gasteiger partial charge in [0, 0.05) is 32.4 Å². The third kappa shape index (κ3) is 11.5. The molecule has 0 spiro atoms. The molecule has 1 aromatic carbocycles. The van der Waals surface area contributed by atoms with E-state index < -0.39 is 24.3 Å². The fourth-order valence-electron chi connectivity index (χ4n) is 3.56. The fraction of sp³-hybridized carbons (Fsp3) is 0.400. The smallest absolute Gasteiger partial charge is 0.490 e. The van der Waals surface area contributed by atoms with Crippen LogP contribution in [0.2, 0.25) is 0 Å². The molecule has 1 aliphatic heterocycles. The summed E-state index contributed by atoms with van der Waals surface area (Å²) < 4.78 is 76.4. The number of nitrogens with zero attached hydrogens (tertiary/aromatic N) is 4. The number of hydrogen-bond acceptors (Lipinski definition) is 7. The van der Waals surface area contributed by atoms with Gasteiger partial charge < -0.3 is 23.9 Å². The molecule has 0 radical (unpaired) electrons. The van der Waals surface area contributed by atoms with Crippen molar-refractivity contribution < 1.29 is 55.3 Å². The van der Waals surface area contributed by atoms with Gasteiger partial charge in [-0.3, -0.25) is 9.80 Å². The Morgan fingerprint density at radius 2 is 1.59 bits per heavy atom. The lowest BCUT2D eigenvalue weighted by molar-refractivity contribution is -0.193. The lowest BCUT2D eigenvalue weighted by atomic mass is 10.2. The predicted octanol–water partition coefficient (Wildman–Crippen LogP) is 4.40. The molecule has 10 nitrogen and oxygen atoms in total. The van der Waals surface area contributed by atoms with Crippen LogP contribution < -0.4 is 4.74 Å². The number of hydrogen-bond donors (Lipinski definition) is 2. The van der Waals surface area contributed by atoms with E-state index >= 15 is 0 Å². The number of carboxylic acids is 2. The molecular weight excluding hydrogens is 566 g/mol. The summed E-state index contributed by atoms with van der Waals surface area (Å²) in [4.78, 5) is 27.3. The zero-order valence-electron chi connectivity index (χ0n) is 21.9. The normalized spacial score (nSPS) is 13.4. The van der Waals surface area contributed by atoms with E-state index in [-0.39, 0.29) is 0 Å². The second kappa shape index (κ2) is 14.5. The molecule has 0 atom stereocenters. The Morgan fingerprint density at radius 3 is 2.07 bits per heavy atom. The maximum atomic E-state index is 10.6. The standard InChI is InChI=1S/C21H26N4O2.2C2HF3O2/c1-23(15-20-4-3-11-27-20)13-18-14-25-10-9-24(16-21(25)22-18)12-17-5-7-19(26-2)8-6-17;2*3-2(4,5)1(6)7/h3-8,11,14H,9-10,12-13,15-16H2,1-2H3;2*(H,6,7). The molecule has 0 bridgehead atoms. The van der Waals surface area contributed by atoms with Crippen LogP contribution in [0.1, 0.15) is 22.8 Å². The molecule has 4 rings (SSSR count). The molecule has 226 valence electrons. The first-order valence-corrected chi connectivity index (χ1v) is 11.8. The lowest BCUT2D eigenvalue weighted by Gasteiger charge is -2.27. The number of aromatic nitrogens is 2. The summed E-state index contributed by atoms with van der Waals surface area (Å²) in [7, 11) is 3.79. The molecule has 0 unspecified atom stereocenters. The highest BCUT2D eigenvalue weighted by Gasteiger charge is 2.38. The average molecular weight is 595 g/mol. The number of halogens is 6. The maximum Gasteiger partial charge on any atom is 0.490 e. The van der Waals surface area contributed by atoms with Gasteiger partial charge in [0.15, 0.2) is 0 Å². The van der Waals surface area contributed by atoms with Crippen molar-refractivity contribution in [2.45, 2.75) is 45.1 Å². The first kappa shape index (κ1) is 33.2. The molecule has 0 saturated heterocycles. The first-order chi connectivity index (χ1) is 19.1. The van der Waals surface area contributed by atoms with Crippen molar-refractivity contribution in [1.82, 2.24) is 19.4 Å². The fourth-order valence-corrected chi connectivity index (χ4v) is 3.56. The largest absolute Gasteiger partial charge is 0.497 e. The number of carbonyl (C=O) groups is 2. The SMILES string of the molecule is COc1ccc(CN2CCn3cc(CN(C)Cc4ccco4)nc3C2)cc1.O=C(O)C(F)(F)F.O=C(O)C(F)(F)F. The molecule has 0 fully saturated rings. The van der Waals surface area contributed by atoms with Gasteiger partial charge in [0.1, 0.15) is 17.3 Å². The summed E-state index contributed by atoms with van der Waals surface area (Å²) in [5.74, 6) is -2.49. The van der Waals surface area contributed by atoms with Gasteiger partial charge in [-0.1, -0.05) is 12.1 Å². The summed E-state index contributed by atoms with van der Waals surface area (Å²) in [6, 6.07) is 12.2. The van der Waals surface area contributed by atoms with Crippen LogP contribution in [-0.4, -0.2) is 74.6 Å². The van der Waals surface area contributed by atoms with Gasteiger partial charge in [-0.15, -0.1) is 0 Å². The molecule has 0 amide bonds. The number of ether oxygens (including phenoxy) is 1. The van der Waals surface area contributed by atoms with Crippen molar-refractivity contribution in [3.63, 3.8) is 0 Å². The summed E-state index contributed by atoms with van der Waals surface area (Å²) in [5.41, 5.74) is 2.42. The molecule has 41 heavy (non-hydrogen) atoms. The van der Waals surface area contributed by atoms with Crippen LogP contribution >= 0.6 is 0 Å². The first-order valence-electron chi connectivity index (χ1n) is 11.8. The lowest BCUT2D eigenvalue weighted by Crippen LogP contribution is -2.33. The molecule has 16 heteroatoms. The Balaban J connectivity index is 0.000000349. The topological polar surface area (TPSA) is 121 Å². The van der Waals surface area contributed by atoms with Crippen LogP contribution in [0.4, 0.5) is 26.3 Å². The summed E-state index contributed by atoms with van der Waals surface area (Å²) in [6.07, 6.45) is -6.26. The van der Waals surface area contributed by atoms with E-state index in [1.54, 1.807) is 13.4 Å². The van der Waals surface area contributed by atoms with E-state index in [1.807, 2.05) is 24.3 Å². The Labute approximate surface area is 230 Å². The van der Waals surface area contributed by atoms with Crippen molar-refractivity contribution in [2.75, 3.05) is 20.7 Å². The molecule has 1 aliphatic rings. The van der Waals surface area contributed by atoms with Crippen LogP contribution in [0, 0.1) is 0 Å². The molecule has 2 N–H and O–H groups in total. The van der Waals surface area contributed by atoms with E-state index in [1.165, 1.54) is 5.56 Å². The van der Waals surface area contributed by atoms with E-state index in [2.05, 4.69) is 39.7 Å². The van der Waals surface area contributed by atoms with Crippen LogP contribution in [0.15, 0.2) is 53.3 Å². The van der Waals surface area contributed by atoms with E-state index in [9.17, 15) is 26.3 Å². The summed E-state index contributed by atoms with van der Waals surface area (Å²) in [6.45, 7) is 5.45. The monoisotopic (exact) mass is 594 g/mol. The Hall–Kier alpha value is -4.05. The van der Waals surface area contributed by atoms with Gasteiger partial charge in [-0.05, 0) is 36.9 Å². The minimum atomic E-state index is -5.08. The third-order valence-electron chi connectivity index (χ3n) is 5.42. The highest BCUT2D eigenvalue weighted by atomic mass is 19.4. The van der Waals surface area contributed by atoms with Crippen LogP contribution in [-0.2, 0) is 42.3 Å². The van der Waals surface area contributed by atoms with Gasteiger partial charge in [-0.25, -0.2) is 14.6 Å². The number of alkyl halides is 6. The number of carboxylic acid groups (broad SMARTS) is 2. The van der Waals surface area contributed by atoms with E-state index in [0.717, 1.165) is 62.3 Å². The zero-order chi connectivity index (χ0) is 30.8. The molecule has 2 aromatic heterocycles. The number of fused-ring (bicyclic) bond motifs is 1. The van der Waals surface area contributed by atoms with Crippen molar-refractivity contribution >= 4 is 11.9 Å². The highest BCUT2D eigenvalue weighted by Crippen LogP contribution is 2.19.